The maximum absolute atomic E-state index is 13.7. The third kappa shape index (κ3) is 16.1. The van der Waals surface area contributed by atoms with E-state index in [1.54, 1.807) is 19.1 Å². The number of carbonyl (C=O) groups is 5. The predicted molar refractivity (Wildman–Crippen MR) is 394 cm³/mol. The Balaban J connectivity index is 0.000000135. The lowest BCUT2D eigenvalue weighted by Crippen LogP contribution is -2.17. The summed E-state index contributed by atoms with van der Waals surface area (Å²) in [5.41, 5.74) is 14.5. The monoisotopic (exact) mass is 1390 g/mol. The first-order valence-corrected chi connectivity index (χ1v) is 35.5. The second-order valence-electron chi connectivity index (χ2n) is 26.1. The van der Waals surface area contributed by atoms with Gasteiger partial charge in [-0.05, 0) is 184 Å². The molecule has 0 atom stereocenters. The fourth-order valence-corrected chi connectivity index (χ4v) is 13.9. The number of esters is 1. The molecule has 0 bridgehead atoms. The van der Waals surface area contributed by atoms with E-state index in [4.69, 9.17) is 37.9 Å². The van der Waals surface area contributed by atoms with Crippen LogP contribution in [-0.4, -0.2) is 68.4 Å². The topological polar surface area (TPSA) is 206 Å². The van der Waals surface area contributed by atoms with Gasteiger partial charge in [-0.3, -0.25) is 14.4 Å². The first-order chi connectivity index (χ1) is 51.0. The number of aryl methyl sites for hydroxylation is 1. The molecule has 0 spiro atoms. The lowest BCUT2D eigenvalue weighted by molar-refractivity contribution is 0.0525. The molecule has 2 N–H and O–H groups in total. The Bertz CT molecular complexity index is 4890. The van der Waals surface area contributed by atoms with Crippen molar-refractivity contribution >= 4 is 35.1 Å². The third-order valence-corrected chi connectivity index (χ3v) is 19.2. The van der Waals surface area contributed by atoms with Crippen molar-refractivity contribution in [2.45, 2.75) is 117 Å². The van der Waals surface area contributed by atoms with Crippen LogP contribution in [0.5, 0.6) is 40.2 Å². The van der Waals surface area contributed by atoms with E-state index >= 15 is 0 Å². The normalized spacial score (nSPS) is 13.5. The zero-order valence-electron chi connectivity index (χ0n) is 57.9. The summed E-state index contributed by atoms with van der Waals surface area (Å²) < 4.78 is 51.4. The van der Waals surface area contributed by atoms with E-state index in [-0.39, 0.29) is 56.1 Å². The van der Waals surface area contributed by atoms with E-state index in [1.165, 1.54) is 12.5 Å². The van der Waals surface area contributed by atoms with Crippen molar-refractivity contribution < 1.29 is 67.0 Å². The van der Waals surface area contributed by atoms with Crippen LogP contribution in [0.2, 0.25) is 0 Å². The number of benzene rings is 8. The second kappa shape index (κ2) is 32.3. The lowest BCUT2D eigenvalue weighted by Gasteiger charge is -2.20. The molecule has 0 saturated carbocycles. The van der Waals surface area contributed by atoms with E-state index in [9.17, 15) is 29.1 Å². The van der Waals surface area contributed by atoms with Crippen LogP contribution in [0.25, 0.3) is 22.5 Å². The molecule has 104 heavy (non-hydrogen) atoms. The first-order valence-electron chi connectivity index (χ1n) is 35.5. The molecule has 0 saturated heterocycles. The van der Waals surface area contributed by atoms with Crippen LogP contribution >= 0.6 is 0 Å². The molecule has 11 aromatic rings. The average molecular weight is 1390 g/mol. The van der Waals surface area contributed by atoms with Crippen molar-refractivity contribution in [3.63, 3.8) is 0 Å². The molecule has 18 heteroatoms. The summed E-state index contributed by atoms with van der Waals surface area (Å²) in [5, 5.41) is 12.9. The minimum Gasteiger partial charge on any atom is -0.489 e. The van der Waals surface area contributed by atoms with Crippen molar-refractivity contribution in [2.75, 3.05) is 25.5 Å². The number of hydrogen-bond donors (Lipinski definition) is 2. The van der Waals surface area contributed by atoms with Gasteiger partial charge < -0.3 is 62.0 Å². The van der Waals surface area contributed by atoms with Gasteiger partial charge in [0.15, 0.2) is 34.6 Å². The number of aromatic carboxylic acids is 1. The van der Waals surface area contributed by atoms with E-state index < -0.39 is 11.9 Å². The molecular formula is C86H80N4O14. The van der Waals surface area contributed by atoms with Gasteiger partial charge in [0.25, 0.3) is 5.91 Å². The van der Waals surface area contributed by atoms with Crippen molar-refractivity contribution in [1.29, 1.82) is 0 Å². The quantitative estimate of drug-likeness (QED) is 0.0478. The minimum atomic E-state index is -1.05. The summed E-state index contributed by atoms with van der Waals surface area (Å²) in [4.78, 5) is 64.8. The summed E-state index contributed by atoms with van der Waals surface area (Å²) >= 11 is 0. The van der Waals surface area contributed by atoms with Gasteiger partial charge in [-0.15, -0.1) is 0 Å². The van der Waals surface area contributed by atoms with Gasteiger partial charge in [-0.2, -0.15) is 0 Å². The average Bonchev–Trinajstić information content (AvgIpc) is 1.61. The standard InChI is InChI=1S/C33H31NO6.C31H27NO6.C22H22N2O2/c1-2-37-33(36)26-19-32-31(39-21-40-32)18-25(26)29-17-27(28-10-6-7-15-34(28)29)30(35)16-22-11-13-24(14-12-22)38-20-23-8-4-3-5-9-23;33-28(14-20-9-11-22(12-10-20)36-18-21-6-2-1-3-7-21)25-15-27(32-13-5-4-8-26(25)32)23-16-29-30(38-19-37-29)17-24(23)31(34)35;25-22(20-13-15-24-14-5-4-8-21(20)24)23-18-9-11-19(12-10-18)26-16-17-6-2-1-3-7-17/h3-5,8-9,11-14,17-19H,2,6-7,10,15-16,20-21H2,1H3;1-3,6-7,9-12,15-17H,4-5,8,13-14,18-19H2,(H,34,35);1-3,6-7,9-13,15H,4-5,8,14,16H2,(H,23,25). The first kappa shape index (κ1) is 69.1. The molecule has 0 aliphatic carbocycles. The summed E-state index contributed by atoms with van der Waals surface area (Å²) in [6.07, 6.45) is 11.4. The third-order valence-electron chi connectivity index (χ3n) is 19.2. The number of amides is 1. The van der Waals surface area contributed by atoms with E-state index in [1.807, 2.05) is 194 Å². The minimum absolute atomic E-state index is 0.0115. The number of nitrogens with one attached hydrogen (secondary N) is 1. The van der Waals surface area contributed by atoms with Gasteiger partial charge in [-0.1, -0.05) is 115 Å². The van der Waals surface area contributed by atoms with Crippen LogP contribution in [0.3, 0.4) is 0 Å². The van der Waals surface area contributed by atoms with Crippen LogP contribution in [0, 0.1) is 0 Å². The maximum atomic E-state index is 13.7. The van der Waals surface area contributed by atoms with Gasteiger partial charge in [-0.25, -0.2) is 9.59 Å². The molecule has 5 aliphatic heterocycles. The maximum Gasteiger partial charge on any atom is 0.338 e. The Kier molecular flexibility index (Phi) is 21.4. The second-order valence-corrected chi connectivity index (χ2v) is 26.1. The molecule has 8 heterocycles. The Morgan fingerprint density at radius 3 is 1.29 bits per heavy atom. The van der Waals surface area contributed by atoms with E-state index in [0.717, 1.165) is 156 Å². The number of carbonyl (C=O) groups excluding carboxylic acids is 4. The Hall–Kier alpha value is -12.1. The number of aromatic nitrogens is 3. The molecule has 0 fully saturated rings. The molecule has 1 amide bonds. The number of nitrogens with zero attached hydrogens (tertiary/aromatic N) is 3. The number of carboxylic acids is 1. The predicted octanol–water partition coefficient (Wildman–Crippen LogP) is 17.0. The van der Waals surface area contributed by atoms with E-state index in [2.05, 4.69) is 19.0 Å². The summed E-state index contributed by atoms with van der Waals surface area (Å²) in [7, 11) is 0. The zero-order valence-corrected chi connectivity index (χ0v) is 57.9. The van der Waals surface area contributed by atoms with Crippen molar-refractivity contribution in [3.05, 3.63) is 285 Å². The number of hydrogen-bond acceptors (Lipinski definition) is 13. The van der Waals surface area contributed by atoms with E-state index in [0.29, 0.717) is 70.6 Å². The highest BCUT2D eigenvalue weighted by atomic mass is 16.7. The van der Waals surface area contributed by atoms with Crippen molar-refractivity contribution in [1.82, 2.24) is 13.7 Å². The van der Waals surface area contributed by atoms with Gasteiger partial charge in [0, 0.05) is 95.1 Å². The SMILES string of the molecule is CCOC(=O)c1cc2c(cc1-c1cc(C(=O)Cc3ccc(OCc4ccccc4)cc3)c3n1CCCC3)OCO2.O=C(Nc1ccc(OCc2ccccc2)cc1)c1ccn2c1CCCC2.O=C(O)c1cc2c(cc1-c1cc(C(=O)Cc3ccc(OCc4ccccc4)cc3)c3n1CCCC3)OCO2. The number of fused-ring (bicyclic) bond motifs is 5. The van der Waals surface area contributed by atoms with Gasteiger partial charge >= 0.3 is 11.9 Å². The number of carboxylic acid groups (broad SMARTS) is 1. The number of ether oxygens (including phenoxy) is 8. The zero-order chi connectivity index (χ0) is 71.3. The van der Waals surface area contributed by atoms with Crippen molar-refractivity contribution in [2.24, 2.45) is 0 Å². The number of ketones is 2. The number of rotatable bonds is 22. The summed E-state index contributed by atoms with van der Waals surface area (Å²) in [5.74, 6) is 2.87. The number of anilines is 1. The lowest BCUT2D eigenvalue weighted by atomic mass is 9.99. The molecule has 18 nitrogen and oxygen atoms in total. The van der Waals surface area contributed by atoms with Crippen LogP contribution in [0.15, 0.2) is 212 Å². The molecule has 0 unspecified atom stereocenters. The summed E-state index contributed by atoms with van der Waals surface area (Å²) in [6.45, 7) is 6.24. The number of Topliss-reactive ketones (excluding diaryl/α,β-unsaturated/α-hetero) is 2. The molecular weight excluding hydrogens is 1310 g/mol. The molecule has 3 aromatic heterocycles. The van der Waals surface area contributed by atoms with Gasteiger partial charge in [0.2, 0.25) is 13.6 Å². The highest BCUT2D eigenvalue weighted by molar-refractivity contribution is 6.06. The van der Waals surface area contributed by atoms with Crippen LogP contribution in [0.1, 0.15) is 142 Å². The molecule has 8 aromatic carbocycles. The van der Waals surface area contributed by atoms with Gasteiger partial charge in [0.1, 0.15) is 37.1 Å². The summed E-state index contributed by atoms with van der Waals surface area (Å²) in [6, 6.07) is 65.3. The molecule has 528 valence electrons. The fraction of sp³-hybridized carbons (Fsp3) is 0.244. The fourth-order valence-electron chi connectivity index (χ4n) is 13.9. The largest absolute Gasteiger partial charge is 0.489 e. The van der Waals surface area contributed by atoms with Crippen molar-refractivity contribution in [3.8, 4) is 62.8 Å². The van der Waals surface area contributed by atoms with Crippen LogP contribution < -0.4 is 38.5 Å². The Morgan fingerprint density at radius 2 is 0.837 bits per heavy atom. The molecule has 0 radical (unpaired) electrons. The van der Waals surface area contributed by atoms with Crippen LogP contribution in [-0.2, 0) is 76.3 Å². The Morgan fingerprint density at radius 1 is 0.423 bits per heavy atom. The highest BCUT2D eigenvalue weighted by Gasteiger charge is 2.31. The smallest absolute Gasteiger partial charge is 0.338 e. The van der Waals surface area contributed by atoms with Gasteiger partial charge in [0.05, 0.1) is 23.3 Å². The van der Waals surface area contributed by atoms with Crippen LogP contribution in [0.4, 0.5) is 5.69 Å². The molecule has 5 aliphatic rings. The Labute approximate surface area is 603 Å². The molecule has 16 rings (SSSR count). The highest BCUT2D eigenvalue weighted by Crippen LogP contribution is 2.44.